The van der Waals surface area contributed by atoms with Gasteiger partial charge in [0.15, 0.2) is 0 Å². The molecule has 1 aliphatic heterocycles. The van der Waals surface area contributed by atoms with Gasteiger partial charge in [-0.1, -0.05) is 11.8 Å². The highest BCUT2D eigenvalue weighted by Crippen LogP contribution is 1.98. The molecule has 2 nitrogen and oxygen atoms in total. The topological polar surface area (TPSA) is 32.3 Å². The monoisotopic (exact) mass is 111 g/mol. The van der Waals surface area contributed by atoms with Crippen LogP contribution in [0.5, 0.6) is 0 Å². The van der Waals surface area contributed by atoms with E-state index in [2.05, 4.69) is 17.2 Å². The van der Waals surface area contributed by atoms with Crippen LogP contribution in [-0.2, 0) is 0 Å². The second-order valence-corrected chi connectivity index (χ2v) is 1.83. The molecule has 1 aliphatic rings. The second-order valence-electron chi connectivity index (χ2n) is 1.83. The van der Waals surface area contributed by atoms with Crippen molar-refractivity contribution in [2.75, 3.05) is 19.7 Å². The maximum Gasteiger partial charge on any atom is 0.104 e. The van der Waals surface area contributed by atoms with E-state index in [9.17, 15) is 0 Å². The summed E-state index contributed by atoms with van der Waals surface area (Å²) < 4.78 is 0. The van der Waals surface area contributed by atoms with Crippen LogP contribution in [0.15, 0.2) is 0 Å². The Kier molecular flexibility index (Phi) is 1.90. The minimum absolute atomic E-state index is 0.00347. The minimum Gasteiger partial charge on any atom is -0.384 e. The van der Waals surface area contributed by atoms with Crippen LogP contribution in [0.1, 0.15) is 0 Å². The minimum atomic E-state index is -0.00347. The quantitative estimate of drug-likeness (QED) is 0.401. The summed E-state index contributed by atoms with van der Waals surface area (Å²) in [7, 11) is 0. The third-order valence-electron chi connectivity index (χ3n) is 1.17. The first-order valence-electron chi connectivity index (χ1n) is 2.73. The van der Waals surface area contributed by atoms with Crippen LogP contribution >= 0.6 is 0 Å². The van der Waals surface area contributed by atoms with Gasteiger partial charge in [0.25, 0.3) is 0 Å². The van der Waals surface area contributed by atoms with E-state index in [-0.39, 0.29) is 6.61 Å². The largest absolute Gasteiger partial charge is 0.384 e. The summed E-state index contributed by atoms with van der Waals surface area (Å²) in [5.74, 6) is 6.02. The van der Waals surface area contributed by atoms with E-state index in [0.717, 1.165) is 13.1 Å². The van der Waals surface area contributed by atoms with Crippen LogP contribution in [0.25, 0.3) is 0 Å². The first-order valence-corrected chi connectivity index (χ1v) is 2.73. The number of hydrogen-bond acceptors (Lipinski definition) is 2. The standard InChI is InChI=1S/C6H9NO/c8-3-1-2-6-4-7-5-6/h6-8H,3-5H2. The Morgan fingerprint density at radius 2 is 2.38 bits per heavy atom. The Morgan fingerprint density at radius 3 is 2.75 bits per heavy atom. The van der Waals surface area contributed by atoms with Gasteiger partial charge in [-0.15, -0.1) is 0 Å². The lowest BCUT2D eigenvalue weighted by molar-refractivity contribution is 0.349. The van der Waals surface area contributed by atoms with Crippen molar-refractivity contribution in [3.8, 4) is 11.8 Å². The molecule has 44 valence electrons. The lowest BCUT2D eigenvalue weighted by Gasteiger charge is -2.21. The zero-order valence-corrected chi connectivity index (χ0v) is 4.65. The van der Waals surface area contributed by atoms with E-state index >= 15 is 0 Å². The smallest absolute Gasteiger partial charge is 0.104 e. The molecular weight excluding hydrogens is 102 g/mol. The number of aliphatic hydroxyl groups excluding tert-OH is 1. The fourth-order valence-electron chi connectivity index (χ4n) is 0.581. The van der Waals surface area contributed by atoms with Gasteiger partial charge in [-0.2, -0.15) is 0 Å². The molecule has 1 saturated heterocycles. The highest BCUT2D eigenvalue weighted by atomic mass is 16.2. The first kappa shape index (κ1) is 5.61. The highest BCUT2D eigenvalue weighted by molar-refractivity contribution is 5.07. The van der Waals surface area contributed by atoms with Gasteiger partial charge in [-0.25, -0.2) is 0 Å². The van der Waals surface area contributed by atoms with Gasteiger partial charge in [0, 0.05) is 19.0 Å². The zero-order valence-electron chi connectivity index (χ0n) is 4.65. The Labute approximate surface area is 48.9 Å². The molecule has 0 aromatic rings. The Bertz CT molecular complexity index is 118. The van der Waals surface area contributed by atoms with Crippen LogP contribution in [0.4, 0.5) is 0 Å². The van der Waals surface area contributed by atoms with Crippen molar-refractivity contribution in [2.24, 2.45) is 5.92 Å². The van der Waals surface area contributed by atoms with Crippen LogP contribution in [-0.4, -0.2) is 24.8 Å². The molecule has 8 heavy (non-hydrogen) atoms. The van der Waals surface area contributed by atoms with Gasteiger partial charge < -0.3 is 10.4 Å². The molecule has 0 amide bonds. The molecule has 0 bridgehead atoms. The second kappa shape index (κ2) is 2.71. The fraction of sp³-hybridized carbons (Fsp3) is 0.667. The van der Waals surface area contributed by atoms with Crippen LogP contribution < -0.4 is 5.32 Å². The van der Waals surface area contributed by atoms with Crippen molar-refractivity contribution >= 4 is 0 Å². The Hall–Kier alpha value is -0.520. The highest BCUT2D eigenvalue weighted by Gasteiger charge is 2.11. The molecule has 1 fully saturated rings. The summed E-state index contributed by atoms with van der Waals surface area (Å²) in [4.78, 5) is 0. The lowest BCUT2D eigenvalue weighted by atomic mass is 10.1. The number of nitrogens with one attached hydrogen (secondary N) is 1. The predicted molar refractivity (Wildman–Crippen MR) is 31.2 cm³/mol. The molecule has 2 N–H and O–H groups in total. The molecule has 1 rings (SSSR count). The van der Waals surface area contributed by atoms with E-state index in [1.54, 1.807) is 0 Å². The van der Waals surface area contributed by atoms with E-state index in [0.29, 0.717) is 5.92 Å². The third-order valence-corrected chi connectivity index (χ3v) is 1.17. The molecule has 0 aromatic carbocycles. The van der Waals surface area contributed by atoms with E-state index in [4.69, 9.17) is 5.11 Å². The first-order chi connectivity index (χ1) is 3.93. The maximum absolute atomic E-state index is 8.24. The van der Waals surface area contributed by atoms with E-state index in [1.807, 2.05) is 0 Å². The molecule has 2 heteroatoms. The van der Waals surface area contributed by atoms with Gasteiger partial charge >= 0.3 is 0 Å². The van der Waals surface area contributed by atoms with E-state index < -0.39 is 0 Å². The van der Waals surface area contributed by atoms with Gasteiger partial charge in [0.05, 0.1) is 0 Å². The number of aliphatic hydroxyl groups is 1. The molecule has 0 unspecified atom stereocenters. The molecule has 1 heterocycles. The van der Waals surface area contributed by atoms with Crippen LogP contribution in [0.2, 0.25) is 0 Å². The van der Waals surface area contributed by atoms with Crippen molar-refractivity contribution in [3.05, 3.63) is 0 Å². The molecule has 0 aliphatic carbocycles. The summed E-state index contributed by atoms with van der Waals surface area (Å²) in [5, 5.41) is 11.3. The van der Waals surface area contributed by atoms with Gasteiger partial charge in [0.2, 0.25) is 0 Å². The van der Waals surface area contributed by atoms with Crippen molar-refractivity contribution in [2.45, 2.75) is 0 Å². The summed E-state index contributed by atoms with van der Waals surface area (Å²) in [6.45, 7) is 1.98. The van der Waals surface area contributed by atoms with Crippen molar-refractivity contribution in [1.82, 2.24) is 5.32 Å². The summed E-state index contributed by atoms with van der Waals surface area (Å²) in [6, 6.07) is 0. The Balaban J connectivity index is 2.16. The average Bonchev–Trinajstić information content (AvgIpc) is 1.63. The molecule has 0 radical (unpaired) electrons. The normalized spacial score (nSPS) is 18.6. The fourth-order valence-corrected chi connectivity index (χ4v) is 0.581. The van der Waals surface area contributed by atoms with Crippen LogP contribution in [0, 0.1) is 17.8 Å². The summed E-state index contributed by atoms with van der Waals surface area (Å²) >= 11 is 0. The van der Waals surface area contributed by atoms with Crippen molar-refractivity contribution < 1.29 is 5.11 Å². The lowest BCUT2D eigenvalue weighted by Crippen LogP contribution is -2.40. The molecule has 0 aromatic heterocycles. The van der Waals surface area contributed by atoms with Crippen molar-refractivity contribution in [3.63, 3.8) is 0 Å². The number of hydrogen-bond donors (Lipinski definition) is 2. The molecule has 0 atom stereocenters. The Morgan fingerprint density at radius 1 is 1.62 bits per heavy atom. The van der Waals surface area contributed by atoms with Crippen LogP contribution in [0.3, 0.4) is 0 Å². The maximum atomic E-state index is 8.24. The predicted octanol–water partition coefficient (Wildman–Crippen LogP) is -0.799. The number of rotatable bonds is 0. The van der Waals surface area contributed by atoms with Gasteiger partial charge in [-0.3, -0.25) is 0 Å². The van der Waals surface area contributed by atoms with Gasteiger partial charge in [-0.05, 0) is 0 Å². The SMILES string of the molecule is OCC#CC1CNC1. The summed E-state index contributed by atoms with van der Waals surface area (Å²) in [5.41, 5.74) is 0. The zero-order chi connectivity index (χ0) is 5.82. The molecule has 0 saturated carbocycles. The van der Waals surface area contributed by atoms with E-state index in [1.165, 1.54) is 0 Å². The van der Waals surface area contributed by atoms with Crippen molar-refractivity contribution in [1.29, 1.82) is 0 Å². The molecule has 0 spiro atoms. The van der Waals surface area contributed by atoms with Gasteiger partial charge in [0.1, 0.15) is 6.61 Å². The third kappa shape index (κ3) is 1.22. The summed E-state index contributed by atoms with van der Waals surface area (Å²) in [6.07, 6.45) is 0. The molecular formula is C6H9NO. The average molecular weight is 111 g/mol.